The van der Waals surface area contributed by atoms with Gasteiger partial charge < -0.3 is 14.5 Å². The Morgan fingerprint density at radius 1 is 0.950 bits per heavy atom. The lowest BCUT2D eigenvalue weighted by Gasteiger charge is -2.23. The Labute approximate surface area is 236 Å². The van der Waals surface area contributed by atoms with Crippen LogP contribution in [-0.2, 0) is 26.2 Å². The Kier molecular flexibility index (Phi) is 9.55. The Bertz CT molecular complexity index is 1560. The lowest BCUT2D eigenvalue weighted by atomic mass is 10.2. The number of nitrogens with zero attached hydrogens (tertiary/aromatic N) is 2. The van der Waals surface area contributed by atoms with Gasteiger partial charge in [-0.25, -0.2) is 13.8 Å². The number of benzene rings is 3. The van der Waals surface area contributed by atoms with Gasteiger partial charge in [0.05, 0.1) is 29.6 Å². The number of sulfonamides is 1. The summed E-state index contributed by atoms with van der Waals surface area (Å²) < 4.78 is 38.2. The predicted octanol–water partition coefficient (Wildman–Crippen LogP) is 3.97. The highest BCUT2D eigenvalue weighted by atomic mass is 35.5. The number of furan rings is 1. The van der Waals surface area contributed by atoms with E-state index in [1.807, 2.05) is 0 Å². The number of ether oxygens (including phenoxy) is 1. The van der Waals surface area contributed by atoms with Crippen molar-refractivity contribution in [1.82, 2.24) is 10.7 Å². The standard InChI is InChI=1S/C28H25ClN4O6S/c29-22-6-4-7-23(16-22)33(40(36,37)26-9-2-1-3-10-26)19-27(34)32-31-17-21-11-13-24(14-12-21)39-20-28(35)30-18-25-8-5-15-38-25/h1-17H,18-20H2,(H,30,35)(H,32,34)/b31-17-. The highest BCUT2D eigenvalue weighted by molar-refractivity contribution is 7.92. The average molecular weight is 581 g/mol. The lowest BCUT2D eigenvalue weighted by Crippen LogP contribution is -2.39. The SMILES string of the molecule is O=C(COc1ccc(/C=N\NC(=O)CN(c2cccc(Cl)c2)S(=O)(=O)c2ccccc2)cc1)NCc1ccco1. The van der Waals surface area contributed by atoms with E-state index >= 15 is 0 Å². The first-order valence-electron chi connectivity index (χ1n) is 12.0. The molecule has 4 rings (SSSR count). The maximum Gasteiger partial charge on any atom is 0.264 e. The molecule has 0 aliphatic rings. The summed E-state index contributed by atoms with van der Waals surface area (Å²) in [6.45, 7) is -0.422. The molecule has 206 valence electrons. The highest BCUT2D eigenvalue weighted by Crippen LogP contribution is 2.26. The van der Waals surface area contributed by atoms with Crippen molar-refractivity contribution in [2.75, 3.05) is 17.5 Å². The normalized spacial score (nSPS) is 11.2. The summed E-state index contributed by atoms with van der Waals surface area (Å²) in [6.07, 6.45) is 2.92. The summed E-state index contributed by atoms with van der Waals surface area (Å²) in [5, 5.41) is 6.94. The molecule has 12 heteroatoms. The Morgan fingerprint density at radius 2 is 1.73 bits per heavy atom. The number of hydrogen-bond donors (Lipinski definition) is 2. The zero-order valence-electron chi connectivity index (χ0n) is 21.1. The summed E-state index contributed by atoms with van der Waals surface area (Å²) in [4.78, 5) is 24.6. The van der Waals surface area contributed by atoms with E-state index in [9.17, 15) is 18.0 Å². The molecule has 2 amide bonds. The van der Waals surface area contributed by atoms with E-state index in [0.717, 1.165) is 4.31 Å². The average Bonchev–Trinajstić information content (AvgIpc) is 3.49. The first-order chi connectivity index (χ1) is 19.3. The first-order valence-corrected chi connectivity index (χ1v) is 13.8. The summed E-state index contributed by atoms with van der Waals surface area (Å²) in [6, 6.07) is 24.2. The van der Waals surface area contributed by atoms with Crippen LogP contribution < -0.4 is 19.8 Å². The minimum absolute atomic E-state index is 0.0311. The Morgan fingerprint density at radius 3 is 2.42 bits per heavy atom. The molecule has 40 heavy (non-hydrogen) atoms. The van der Waals surface area contributed by atoms with Gasteiger partial charge in [0.2, 0.25) is 0 Å². The van der Waals surface area contributed by atoms with Gasteiger partial charge in [0.25, 0.3) is 21.8 Å². The van der Waals surface area contributed by atoms with Crippen LogP contribution in [0.4, 0.5) is 5.69 Å². The molecule has 10 nitrogen and oxygen atoms in total. The predicted molar refractivity (Wildman–Crippen MR) is 151 cm³/mol. The van der Waals surface area contributed by atoms with Gasteiger partial charge in [0.1, 0.15) is 18.1 Å². The van der Waals surface area contributed by atoms with E-state index in [1.165, 1.54) is 30.7 Å². The van der Waals surface area contributed by atoms with Crippen molar-refractivity contribution in [2.24, 2.45) is 5.10 Å². The van der Waals surface area contributed by atoms with Gasteiger partial charge in [-0.05, 0) is 72.3 Å². The van der Waals surface area contributed by atoms with Gasteiger partial charge in [-0.3, -0.25) is 13.9 Å². The summed E-state index contributed by atoms with van der Waals surface area (Å²) in [5.74, 6) is 0.152. The highest BCUT2D eigenvalue weighted by Gasteiger charge is 2.27. The molecule has 3 aromatic carbocycles. The zero-order valence-corrected chi connectivity index (χ0v) is 22.6. The summed E-state index contributed by atoms with van der Waals surface area (Å²) in [7, 11) is -4.06. The second-order valence-corrected chi connectivity index (χ2v) is 10.6. The van der Waals surface area contributed by atoms with Gasteiger partial charge in [0.15, 0.2) is 6.61 Å². The molecule has 0 spiro atoms. The maximum absolute atomic E-state index is 13.3. The fourth-order valence-corrected chi connectivity index (χ4v) is 5.08. The van der Waals surface area contributed by atoms with E-state index in [-0.39, 0.29) is 29.6 Å². The van der Waals surface area contributed by atoms with Crippen LogP contribution in [-0.4, -0.2) is 39.6 Å². The summed E-state index contributed by atoms with van der Waals surface area (Å²) in [5.41, 5.74) is 3.22. The number of carbonyl (C=O) groups excluding carboxylic acids is 2. The smallest absolute Gasteiger partial charge is 0.264 e. The number of halogens is 1. The van der Waals surface area contributed by atoms with Gasteiger partial charge in [-0.2, -0.15) is 5.10 Å². The van der Waals surface area contributed by atoms with E-state index in [2.05, 4.69) is 15.8 Å². The van der Waals surface area contributed by atoms with Crippen LogP contribution >= 0.6 is 11.6 Å². The number of hydrazone groups is 1. The molecular weight excluding hydrogens is 556 g/mol. The molecule has 0 aliphatic heterocycles. The van der Waals surface area contributed by atoms with E-state index in [4.69, 9.17) is 20.8 Å². The van der Waals surface area contributed by atoms with Crippen molar-refractivity contribution >= 4 is 45.3 Å². The maximum atomic E-state index is 13.3. The molecule has 0 saturated heterocycles. The quantitative estimate of drug-likeness (QED) is 0.193. The van der Waals surface area contributed by atoms with Crippen molar-refractivity contribution in [3.8, 4) is 5.75 Å². The molecular formula is C28H25ClN4O6S. The number of amides is 2. The molecule has 0 saturated carbocycles. The molecule has 0 atom stereocenters. The fraction of sp³-hybridized carbons (Fsp3) is 0.107. The van der Waals surface area contributed by atoms with Crippen molar-refractivity contribution in [3.05, 3.63) is 114 Å². The van der Waals surface area contributed by atoms with Gasteiger partial charge in [0, 0.05) is 5.02 Å². The third-order valence-corrected chi connectivity index (χ3v) is 7.43. The molecule has 0 bridgehead atoms. The van der Waals surface area contributed by atoms with Gasteiger partial charge >= 0.3 is 0 Å². The van der Waals surface area contributed by atoms with Crippen molar-refractivity contribution < 1.29 is 27.2 Å². The lowest BCUT2D eigenvalue weighted by molar-refractivity contribution is -0.123. The van der Waals surface area contributed by atoms with Crippen molar-refractivity contribution in [3.63, 3.8) is 0 Å². The molecule has 0 radical (unpaired) electrons. The third-order valence-electron chi connectivity index (χ3n) is 5.41. The number of carbonyl (C=O) groups is 2. The Balaban J connectivity index is 1.32. The largest absolute Gasteiger partial charge is 0.484 e. The molecule has 2 N–H and O–H groups in total. The van der Waals surface area contributed by atoms with Crippen LogP contribution in [0.1, 0.15) is 11.3 Å². The summed E-state index contributed by atoms with van der Waals surface area (Å²) >= 11 is 6.07. The van der Waals surface area contributed by atoms with Crippen LogP contribution in [0.2, 0.25) is 5.02 Å². The number of rotatable bonds is 12. The van der Waals surface area contributed by atoms with Crippen LogP contribution in [0.5, 0.6) is 5.75 Å². The zero-order chi connectivity index (χ0) is 28.4. The monoisotopic (exact) mass is 580 g/mol. The number of anilines is 1. The molecule has 0 unspecified atom stereocenters. The number of nitrogens with one attached hydrogen (secondary N) is 2. The Hall–Kier alpha value is -4.61. The van der Waals surface area contributed by atoms with Crippen molar-refractivity contribution in [1.29, 1.82) is 0 Å². The number of hydrogen-bond acceptors (Lipinski definition) is 7. The van der Waals surface area contributed by atoms with Crippen LogP contribution in [0.25, 0.3) is 0 Å². The molecule has 1 aromatic heterocycles. The van der Waals surface area contributed by atoms with Gasteiger partial charge in [-0.1, -0.05) is 35.9 Å². The topological polar surface area (TPSA) is 130 Å². The minimum Gasteiger partial charge on any atom is -0.484 e. The molecule has 0 fully saturated rings. The van der Waals surface area contributed by atoms with Crippen molar-refractivity contribution in [2.45, 2.75) is 11.4 Å². The second kappa shape index (κ2) is 13.5. The molecule has 1 heterocycles. The molecule has 4 aromatic rings. The van der Waals surface area contributed by atoms with Crippen LogP contribution in [0.3, 0.4) is 0 Å². The first kappa shape index (κ1) is 28.4. The van der Waals surface area contributed by atoms with E-state index < -0.39 is 22.5 Å². The van der Waals surface area contributed by atoms with Gasteiger partial charge in [-0.15, -0.1) is 0 Å². The second-order valence-electron chi connectivity index (χ2n) is 8.31. The molecule has 0 aliphatic carbocycles. The minimum atomic E-state index is -4.06. The van der Waals surface area contributed by atoms with E-state index in [1.54, 1.807) is 72.8 Å². The van der Waals surface area contributed by atoms with E-state index in [0.29, 0.717) is 22.1 Å². The fourth-order valence-electron chi connectivity index (χ4n) is 3.46. The van der Waals surface area contributed by atoms with Crippen LogP contribution in [0, 0.1) is 0 Å². The van der Waals surface area contributed by atoms with Crippen LogP contribution in [0.15, 0.2) is 112 Å². The third kappa shape index (κ3) is 7.95.